The Labute approximate surface area is 417 Å². The third-order valence-electron chi connectivity index (χ3n) is 13.7. The van der Waals surface area contributed by atoms with Crippen LogP contribution in [-0.4, -0.2) is 47.4 Å². The molecule has 0 aromatic heterocycles. The van der Waals surface area contributed by atoms with Crippen molar-refractivity contribution in [3.63, 3.8) is 0 Å². The van der Waals surface area contributed by atoms with E-state index in [1.165, 1.54) is 225 Å². The van der Waals surface area contributed by atoms with Gasteiger partial charge in [-0.3, -0.25) is 9.59 Å². The van der Waals surface area contributed by atoms with Crippen LogP contribution in [0.1, 0.15) is 316 Å². The molecule has 0 aliphatic heterocycles. The Morgan fingerprint density at radius 3 is 1.18 bits per heavy atom. The van der Waals surface area contributed by atoms with E-state index < -0.39 is 12.1 Å². The van der Waals surface area contributed by atoms with E-state index in [1.807, 2.05) is 6.08 Å². The number of carbonyl (C=O) groups excluding carboxylic acids is 2. The second-order valence-corrected chi connectivity index (χ2v) is 20.3. The molecule has 0 aliphatic carbocycles. The summed E-state index contributed by atoms with van der Waals surface area (Å²) >= 11 is 0. The molecule has 0 saturated carbocycles. The molecule has 67 heavy (non-hydrogen) atoms. The lowest BCUT2D eigenvalue weighted by atomic mass is 10.0. The topological polar surface area (TPSA) is 95.9 Å². The molecular formula is C61H115NO5. The van der Waals surface area contributed by atoms with E-state index in [0.29, 0.717) is 32.3 Å². The van der Waals surface area contributed by atoms with E-state index in [-0.39, 0.29) is 18.5 Å². The summed E-state index contributed by atoms with van der Waals surface area (Å²) in [7, 11) is 0. The number of rotatable bonds is 55. The van der Waals surface area contributed by atoms with Crippen molar-refractivity contribution in [1.29, 1.82) is 0 Å². The SMILES string of the molecule is CCCCCCCC/C=C\CCCCCCCCCC(=O)OCCCCCCCC/C=C\C/C=C\CCC(=O)NC(CO)C(O)CCCCCCCCCCCCCCCCCCCCCC. The zero-order chi connectivity index (χ0) is 48.6. The fraction of sp³-hybridized carbons (Fsp3) is 0.869. The number of amides is 1. The Balaban J connectivity index is 3.53. The number of allylic oxidation sites excluding steroid dienone is 6. The minimum absolute atomic E-state index is 0.0199. The number of ether oxygens (including phenoxy) is 1. The summed E-state index contributed by atoms with van der Waals surface area (Å²) in [6, 6.07) is -0.587. The second-order valence-electron chi connectivity index (χ2n) is 20.3. The predicted molar refractivity (Wildman–Crippen MR) is 292 cm³/mol. The van der Waals surface area contributed by atoms with Crippen LogP contribution in [0.25, 0.3) is 0 Å². The molecule has 6 heteroatoms. The highest BCUT2D eigenvalue weighted by Crippen LogP contribution is 2.17. The van der Waals surface area contributed by atoms with Crippen LogP contribution >= 0.6 is 0 Å². The second kappa shape index (κ2) is 56.7. The number of carbonyl (C=O) groups is 2. The lowest BCUT2D eigenvalue weighted by molar-refractivity contribution is -0.143. The van der Waals surface area contributed by atoms with Crippen LogP contribution in [0, 0.1) is 0 Å². The van der Waals surface area contributed by atoms with Gasteiger partial charge in [0.2, 0.25) is 5.91 Å². The van der Waals surface area contributed by atoms with Crippen molar-refractivity contribution in [3.8, 4) is 0 Å². The highest BCUT2D eigenvalue weighted by molar-refractivity contribution is 5.76. The molecule has 0 aromatic rings. The zero-order valence-corrected chi connectivity index (χ0v) is 44.9. The fourth-order valence-corrected chi connectivity index (χ4v) is 9.10. The van der Waals surface area contributed by atoms with Crippen molar-refractivity contribution in [3.05, 3.63) is 36.5 Å². The first-order valence-electron chi connectivity index (χ1n) is 29.7. The fourth-order valence-electron chi connectivity index (χ4n) is 9.10. The van der Waals surface area contributed by atoms with Gasteiger partial charge in [-0.05, 0) is 70.6 Å². The maximum Gasteiger partial charge on any atom is 0.305 e. The van der Waals surface area contributed by atoms with Crippen molar-refractivity contribution in [2.45, 2.75) is 328 Å². The summed E-state index contributed by atoms with van der Waals surface area (Å²) in [5, 5.41) is 23.3. The van der Waals surface area contributed by atoms with Crippen molar-refractivity contribution >= 4 is 11.9 Å². The van der Waals surface area contributed by atoms with Gasteiger partial charge in [-0.2, -0.15) is 0 Å². The van der Waals surface area contributed by atoms with Crippen LogP contribution in [0.4, 0.5) is 0 Å². The lowest BCUT2D eigenvalue weighted by Crippen LogP contribution is -2.45. The Morgan fingerprint density at radius 1 is 0.418 bits per heavy atom. The number of aliphatic hydroxyl groups is 2. The van der Waals surface area contributed by atoms with Gasteiger partial charge in [-0.25, -0.2) is 0 Å². The molecule has 3 N–H and O–H groups in total. The maximum absolute atomic E-state index is 12.5. The van der Waals surface area contributed by atoms with Gasteiger partial charge in [0.25, 0.3) is 0 Å². The van der Waals surface area contributed by atoms with E-state index in [0.717, 1.165) is 51.4 Å². The molecule has 0 saturated heterocycles. The number of aliphatic hydroxyl groups excluding tert-OH is 2. The minimum atomic E-state index is -0.700. The molecule has 6 nitrogen and oxygen atoms in total. The van der Waals surface area contributed by atoms with Crippen LogP contribution < -0.4 is 5.32 Å². The minimum Gasteiger partial charge on any atom is -0.466 e. The first-order valence-corrected chi connectivity index (χ1v) is 29.7. The summed E-state index contributed by atoms with van der Waals surface area (Å²) in [6.07, 6.45) is 70.1. The van der Waals surface area contributed by atoms with Gasteiger partial charge in [0.1, 0.15) is 0 Å². The first kappa shape index (κ1) is 65.1. The summed E-state index contributed by atoms with van der Waals surface area (Å²) in [5.74, 6) is -0.133. The van der Waals surface area contributed by atoms with E-state index in [2.05, 4.69) is 49.5 Å². The van der Waals surface area contributed by atoms with Crippen LogP contribution in [0.3, 0.4) is 0 Å². The molecule has 0 rings (SSSR count). The highest BCUT2D eigenvalue weighted by Gasteiger charge is 2.19. The molecule has 0 bridgehead atoms. The molecule has 394 valence electrons. The van der Waals surface area contributed by atoms with E-state index >= 15 is 0 Å². The average molecular weight is 943 g/mol. The van der Waals surface area contributed by atoms with Crippen LogP contribution in [-0.2, 0) is 14.3 Å². The van der Waals surface area contributed by atoms with Crippen molar-refractivity contribution in [2.75, 3.05) is 13.2 Å². The molecule has 2 atom stereocenters. The highest BCUT2D eigenvalue weighted by atomic mass is 16.5. The van der Waals surface area contributed by atoms with Crippen molar-refractivity contribution in [1.82, 2.24) is 5.32 Å². The smallest absolute Gasteiger partial charge is 0.305 e. The molecule has 0 radical (unpaired) electrons. The Kier molecular flexibility index (Phi) is 55.0. The standard InChI is InChI=1S/C61H115NO5/c1-3-5-7-9-11-13-15-17-19-21-22-23-25-26-29-33-37-41-45-49-53-59(64)58(57-63)62-60(65)54-50-46-42-38-34-30-28-32-36-40-44-48-52-56-67-61(66)55-51-47-43-39-35-31-27-24-20-18-16-14-12-10-8-6-4-2/h18,20,30,34,42,46,58-59,63-64H,3-17,19,21-29,31-33,35-41,43-45,47-57H2,1-2H3,(H,62,65)/b20-18-,34-30-,46-42-. The zero-order valence-electron chi connectivity index (χ0n) is 44.9. The van der Waals surface area contributed by atoms with Crippen molar-refractivity contribution < 1.29 is 24.5 Å². The van der Waals surface area contributed by atoms with Gasteiger partial charge in [0.15, 0.2) is 0 Å². The molecule has 2 unspecified atom stereocenters. The van der Waals surface area contributed by atoms with Gasteiger partial charge in [-0.1, -0.05) is 269 Å². The van der Waals surface area contributed by atoms with E-state index in [9.17, 15) is 19.8 Å². The summed E-state index contributed by atoms with van der Waals surface area (Å²) in [4.78, 5) is 24.5. The molecule has 0 aliphatic rings. The molecule has 1 amide bonds. The third-order valence-corrected chi connectivity index (χ3v) is 13.7. The largest absolute Gasteiger partial charge is 0.466 e. The summed E-state index contributed by atoms with van der Waals surface area (Å²) in [5.41, 5.74) is 0. The molecule has 0 heterocycles. The number of hydrogen-bond acceptors (Lipinski definition) is 5. The normalized spacial score (nSPS) is 12.8. The maximum atomic E-state index is 12.5. The van der Waals surface area contributed by atoms with Crippen molar-refractivity contribution in [2.24, 2.45) is 0 Å². The van der Waals surface area contributed by atoms with Crippen LogP contribution in [0.2, 0.25) is 0 Å². The van der Waals surface area contributed by atoms with Crippen LogP contribution in [0.15, 0.2) is 36.5 Å². The number of unbranched alkanes of at least 4 members (excludes halogenated alkanes) is 38. The number of hydrogen-bond donors (Lipinski definition) is 3. The van der Waals surface area contributed by atoms with Gasteiger partial charge in [0.05, 0.1) is 25.4 Å². The number of esters is 1. The van der Waals surface area contributed by atoms with Gasteiger partial charge < -0.3 is 20.3 Å². The quantitative estimate of drug-likeness (QED) is 0.0321. The summed E-state index contributed by atoms with van der Waals surface area (Å²) in [6.45, 7) is 4.90. The Morgan fingerprint density at radius 2 is 0.761 bits per heavy atom. The molecular weight excluding hydrogens is 827 g/mol. The Hall–Kier alpha value is -1.92. The van der Waals surface area contributed by atoms with Gasteiger partial charge in [-0.15, -0.1) is 0 Å². The number of nitrogens with one attached hydrogen (secondary N) is 1. The first-order chi connectivity index (χ1) is 33.0. The summed E-state index contributed by atoms with van der Waals surface area (Å²) < 4.78 is 5.47. The average Bonchev–Trinajstić information content (AvgIpc) is 3.33. The van der Waals surface area contributed by atoms with Gasteiger partial charge >= 0.3 is 5.97 Å². The van der Waals surface area contributed by atoms with E-state index in [4.69, 9.17) is 4.74 Å². The van der Waals surface area contributed by atoms with E-state index in [1.54, 1.807) is 0 Å². The third kappa shape index (κ3) is 53.3. The predicted octanol–water partition coefficient (Wildman–Crippen LogP) is 18.4. The van der Waals surface area contributed by atoms with Crippen LogP contribution in [0.5, 0.6) is 0 Å². The molecule has 0 fully saturated rings. The molecule has 0 spiro atoms. The Bertz CT molecular complexity index is 1090. The monoisotopic (exact) mass is 942 g/mol. The lowest BCUT2D eigenvalue weighted by Gasteiger charge is -2.22. The molecule has 0 aromatic carbocycles. The van der Waals surface area contributed by atoms with Gasteiger partial charge in [0, 0.05) is 12.8 Å².